The Morgan fingerprint density at radius 3 is 2.53 bits per heavy atom. The molecule has 1 heterocycles. The fourth-order valence-electron chi connectivity index (χ4n) is 3.06. The Morgan fingerprint density at radius 1 is 1.10 bits per heavy atom. The maximum Gasteiger partial charge on any atom is 0.224 e. The molecule has 1 unspecified atom stereocenters. The standard InChI is InChI=1S/C20H32N2O6S2/c23-12-17(25)20(28)19(27)16(24)11-21-13-4-3-5-14(10-13)22-18(26)7-2-1-6-15-8-9-29-30-15/h3-5,10,15-17,19-21,23-25,27-28H,1-2,6-9,11-12H2,(H,22,26)/t15?,16-,17+,19+,20+/m0/s1. The molecule has 10 heteroatoms. The maximum absolute atomic E-state index is 12.2. The number of rotatable bonds is 13. The van der Waals surface area contributed by atoms with Gasteiger partial charge in [-0.25, -0.2) is 0 Å². The fraction of sp³-hybridized carbons (Fsp3) is 0.650. The van der Waals surface area contributed by atoms with Crippen LogP contribution in [0.25, 0.3) is 0 Å². The number of hydrogen-bond donors (Lipinski definition) is 7. The molecule has 0 aromatic heterocycles. The van der Waals surface area contributed by atoms with Gasteiger partial charge in [0.05, 0.1) is 12.7 Å². The highest BCUT2D eigenvalue weighted by Crippen LogP contribution is 2.39. The molecule has 8 nitrogen and oxygen atoms in total. The van der Waals surface area contributed by atoms with Gasteiger partial charge in [-0.05, 0) is 37.5 Å². The van der Waals surface area contributed by atoms with Crippen molar-refractivity contribution in [3.63, 3.8) is 0 Å². The van der Waals surface area contributed by atoms with Crippen molar-refractivity contribution in [3.05, 3.63) is 24.3 Å². The minimum Gasteiger partial charge on any atom is -0.394 e. The highest BCUT2D eigenvalue weighted by Gasteiger charge is 2.29. The van der Waals surface area contributed by atoms with E-state index in [2.05, 4.69) is 10.6 Å². The van der Waals surface area contributed by atoms with E-state index in [1.54, 1.807) is 24.3 Å². The van der Waals surface area contributed by atoms with Gasteiger partial charge < -0.3 is 36.2 Å². The second-order valence-corrected chi connectivity index (χ2v) is 10.2. The predicted molar refractivity (Wildman–Crippen MR) is 122 cm³/mol. The number of unbranched alkanes of at least 4 members (excludes halogenated alkanes) is 1. The molecule has 2 rings (SSSR count). The number of hydrogen-bond acceptors (Lipinski definition) is 9. The second-order valence-electron chi connectivity index (χ2n) is 7.38. The Bertz CT molecular complexity index is 647. The lowest BCUT2D eigenvalue weighted by atomic mass is 10.0. The number of benzene rings is 1. The van der Waals surface area contributed by atoms with Crippen LogP contribution in [0.15, 0.2) is 24.3 Å². The van der Waals surface area contributed by atoms with Gasteiger partial charge in [-0.3, -0.25) is 4.79 Å². The monoisotopic (exact) mass is 460 g/mol. The minimum atomic E-state index is -1.66. The number of amides is 1. The predicted octanol–water partition coefficient (Wildman–Crippen LogP) is 1.19. The summed E-state index contributed by atoms with van der Waals surface area (Å²) in [6.07, 6.45) is -1.40. The highest BCUT2D eigenvalue weighted by atomic mass is 33.1. The first-order chi connectivity index (χ1) is 14.4. The largest absolute Gasteiger partial charge is 0.394 e. The van der Waals surface area contributed by atoms with Crippen molar-refractivity contribution in [1.29, 1.82) is 0 Å². The Morgan fingerprint density at radius 2 is 1.83 bits per heavy atom. The molecule has 170 valence electrons. The third-order valence-electron chi connectivity index (χ3n) is 4.89. The molecule has 0 spiro atoms. The van der Waals surface area contributed by atoms with Crippen molar-refractivity contribution >= 4 is 38.9 Å². The lowest BCUT2D eigenvalue weighted by Gasteiger charge is -2.26. The average molecular weight is 461 g/mol. The van der Waals surface area contributed by atoms with Gasteiger partial charge in [0.15, 0.2) is 0 Å². The van der Waals surface area contributed by atoms with E-state index in [0.29, 0.717) is 17.8 Å². The van der Waals surface area contributed by atoms with Crippen LogP contribution in [-0.2, 0) is 4.79 Å². The van der Waals surface area contributed by atoms with Crippen LogP contribution in [0.5, 0.6) is 0 Å². The molecular formula is C20H32N2O6S2. The van der Waals surface area contributed by atoms with Crippen LogP contribution >= 0.6 is 21.6 Å². The molecule has 0 aliphatic carbocycles. The van der Waals surface area contributed by atoms with E-state index in [4.69, 9.17) is 5.11 Å². The van der Waals surface area contributed by atoms with Crippen molar-refractivity contribution in [3.8, 4) is 0 Å². The van der Waals surface area contributed by atoms with E-state index in [9.17, 15) is 25.2 Å². The summed E-state index contributed by atoms with van der Waals surface area (Å²) in [7, 11) is 3.88. The summed E-state index contributed by atoms with van der Waals surface area (Å²) < 4.78 is 0. The molecule has 1 aliphatic rings. The van der Waals surface area contributed by atoms with E-state index >= 15 is 0 Å². The van der Waals surface area contributed by atoms with Crippen LogP contribution in [-0.4, -0.2) is 80.0 Å². The molecule has 1 aliphatic heterocycles. The van der Waals surface area contributed by atoms with Crippen LogP contribution in [0.3, 0.4) is 0 Å². The molecule has 0 bridgehead atoms. The number of carbonyl (C=O) groups excluding carboxylic acids is 1. The smallest absolute Gasteiger partial charge is 0.224 e. The summed E-state index contributed by atoms with van der Waals surface area (Å²) in [5, 5.41) is 54.1. The van der Waals surface area contributed by atoms with Gasteiger partial charge in [0.1, 0.15) is 18.3 Å². The number of anilines is 2. The van der Waals surface area contributed by atoms with E-state index < -0.39 is 31.0 Å². The van der Waals surface area contributed by atoms with Crippen LogP contribution < -0.4 is 10.6 Å². The summed E-state index contributed by atoms with van der Waals surface area (Å²) in [5.41, 5.74) is 1.24. The van der Waals surface area contributed by atoms with Gasteiger partial charge in [-0.1, -0.05) is 34.1 Å². The molecule has 5 atom stereocenters. The first-order valence-electron chi connectivity index (χ1n) is 10.2. The molecule has 1 aromatic carbocycles. The lowest BCUT2D eigenvalue weighted by molar-refractivity contribution is -0.116. The SMILES string of the molecule is O=C(CCCCC1CCSS1)Nc1cccc(NC[C@H](O)[C@@H](O)[C@H](O)[C@H](O)CO)c1. The van der Waals surface area contributed by atoms with Crippen molar-refractivity contribution < 1.29 is 30.3 Å². The van der Waals surface area contributed by atoms with Gasteiger partial charge in [-0.2, -0.15) is 0 Å². The molecule has 1 saturated heterocycles. The molecule has 0 radical (unpaired) electrons. The normalized spacial score (nSPS) is 20.4. The lowest BCUT2D eigenvalue weighted by Crippen LogP contribution is -2.48. The van der Waals surface area contributed by atoms with Gasteiger partial charge in [0.2, 0.25) is 5.91 Å². The van der Waals surface area contributed by atoms with Crippen LogP contribution in [0.2, 0.25) is 0 Å². The summed E-state index contributed by atoms with van der Waals surface area (Å²) >= 11 is 0. The van der Waals surface area contributed by atoms with Crippen molar-refractivity contribution in [2.45, 2.75) is 61.8 Å². The Balaban J connectivity index is 1.72. The zero-order valence-electron chi connectivity index (χ0n) is 16.8. The number of aliphatic hydroxyl groups excluding tert-OH is 5. The van der Waals surface area contributed by atoms with Crippen LogP contribution in [0, 0.1) is 0 Å². The average Bonchev–Trinajstić information content (AvgIpc) is 3.27. The molecular weight excluding hydrogens is 428 g/mol. The van der Waals surface area contributed by atoms with Crippen LogP contribution in [0.4, 0.5) is 11.4 Å². The van der Waals surface area contributed by atoms with E-state index in [1.165, 1.54) is 12.2 Å². The van der Waals surface area contributed by atoms with Gasteiger partial charge in [-0.15, -0.1) is 0 Å². The van der Waals surface area contributed by atoms with Gasteiger partial charge in [0.25, 0.3) is 0 Å². The molecule has 1 aromatic rings. The molecule has 7 N–H and O–H groups in total. The molecule has 1 fully saturated rings. The van der Waals surface area contributed by atoms with Gasteiger partial charge in [0, 0.05) is 35.3 Å². The maximum atomic E-state index is 12.2. The van der Waals surface area contributed by atoms with E-state index in [1.807, 2.05) is 21.6 Å². The zero-order chi connectivity index (χ0) is 21.9. The summed E-state index contributed by atoms with van der Waals surface area (Å²) in [4.78, 5) is 12.2. The van der Waals surface area contributed by atoms with E-state index in [-0.39, 0.29) is 12.5 Å². The summed E-state index contributed by atoms with van der Waals surface area (Å²) in [6, 6.07) is 6.97. The summed E-state index contributed by atoms with van der Waals surface area (Å²) in [6.45, 7) is -0.816. The van der Waals surface area contributed by atoms with Crippen molar-refractivity contribution in [2.75, 3.05) is 29.5 Å². The Hall–Kier alpha value is -1.01. The first kappa shape index (κ1) is 25.3. The number of nitrogens with one attached hydrogen (secondary N) is 2. The Labute approximate surface area is 184 Å². The highest BCUT2D eigenvalue weighted by molar-refractivity contribution is 8.77. The topological polar surface area (TPSA) is 142 Å². The number of carbonyl (C=O) groups is 1. The Kier molecular flexibility index (Phi) is 11.3. The second kappa shape index (κ2) is 13.4. The van der Waals surface area contributed by atoms with Gasteiger partial charge >= 0.3 is 0 Å². The summed E-state index contributed by atoms with van der Waals surface area (Å²) in [5.74, 6) is 1.18. The van der Waals surface area contributed by atoms with Crippen molar-refractivity contribution in [2.24, 2.45) is 0 Å². The third kappa shape index (κ3) is 8.62. The fourth-order valence-corrected chi connectivity index (χ4v) is 6.09. The molecule has 30 heavy (non-hydrogen) atoms. The third-order valence-corrected chi connectivity index (χ3v) is 7.90. The molecule has 1 amide bonds. The zero-order valence-corrected chi connectivity index (χ0v) is 18.4. The van der Waals surface area contributed by atoms with E-state index in [0.717, 1.165) is 24.5 Å². The number of aliphatic hydroxyl groups is 5. The van der Waals surface area contributed by atoms with Crippen LogP contribution in [0.1, 0.15) is 32.1 Å². The van der Waals surface area contributed by atoms with Crippen molar-refractivity contribution in [1.82, 2.24) is 0 Å². The first-order valence-corrected chi connectivity index (χ1v) is 12.5. The quantitative estimate of drug-likeness (QED) is 0.171. The molecule has 0 saturated carbocycles. The minimum absolute atomic E-state index is 0.0443.